The number of carboxylic acid groups (broad SMARTS) is 2. The molecule has 5 rings (SSSR count). The summed E-state index contributed by atoms with van der Waals surface area (Å²) in [6, 6.07) is 3.35. The Morgan fingerprint density at radius 1 is 0.881 bits per heavy atom. The number of nitrogens with zero attached hydrogens (tertiary/aromatic N) is 2. The van der Waals surface area contributed by atoms with Crippen LogP contribution in [0.4, 0.5) is 0 Å². The fraction of sp³-hybridized carbons (Fsp3) is 0.517. The van der Waals surface area contributed by atoms with Crippen molar-refractivity contribution in [3.63, 3.8) is 0 Å². The van der Waals surface area contributed by atoms with Crippen molar-refractivity contribution in [1.82, 2.24) is 9.80 Å². The fourth-order valence-electron chi connectivity index (χ4n) is 7.24. The summed E-state index contributed by atoms with van der Waals surface area (Å²) in [4.78, 5) is 78.9. The number of halogens is 1. The van der Waals surface area contributed by atoms with Gasteiger partial charge in [0.15, 0.2) is 11.5 Å². The van der Waals surface area contributed by atoms with E-state index in [0.29, 0.717) is 9.13 Å². The van der Waals surface area contributed by atoms with Crippen LogP contribution in [0.1, 0.15) is 50.0 Å². The molecule has 2 aliphatic heterocycles. The first kappa shape index (κ1) is 30.0. The second-order valence-electron chi connectivity index (χ2n) is 11.2. The Bertz CT molecular complexity index is 1410. The Morgan fingerprint density at radius 3 is 2.02 bits per heavy atom. The van der Waals surface area contributed by atoms with E-state index >= 15 is 0 Å². The second kappa shape index (κ2) is 11.7. The third-order valence-electron chi connectivity index (χ3n) is 9.01. The Hall–Kier alpha value is -3.49. The number of phenolic OH excluding ortho intramolecular Hbond substituents is 1. The number of carbonyl (C=O) groups excluding carboxylic acids is 4. The van der Waals surface area contributed by atoms with Crippen LogP contribution in [0.5, 0.6) is 11.5 Å². The number of aliphatic carboxylic acids is 2. The monoisotopic (exact) mass is 694 g/mol. The Kier molecular flexibility index (Phi) is 8.32. The first-order chi connectivity index (χ1) is 20.0. The van der Waals surface area contributed by atoms with Crippen LogP contribution >= 0.6 is 22.6 Å². The fourth-order valence-corrected chi connectivity index (χ4v) is 7.87. The number of fused-ring (bicyclic) bond motifs is 4. The molecule has 0 radical (unpaired) electrons. The SMILES string of the molecule is COc1cc(C2C3=CCC4C(=O)N(CCCC(=O)O)C(=O)C4C3CC3C(=O)N(CCCC(=O)O)C(=O)C32)cc(I)c1O. The third-order valence-corrected chi connectivity index (χ3v) is 9.83. The number of hydrogen-bond donors (Lipinski definition) is 3. The lowest BCUT2D eigenvalue weighted by Gasteiger charge is -2.44. The molecule has 2 aliphatic carbocycles. The molecule has 224 valence electrons. The van der Waals surface area contributed by atoms with E-state index in [1.54, 1.807) is 12.1 Å². The largest absolute Gasteiger partial charge is 0.504 e. The zero-order chi connectivity index (χ0) is 30.5. The van der Waals surface area contributed by atoms with E-state index in [1.807, 2.05) is 28.7 Å². The summed E-state index contributed by atoms with van der Waals surface area (Å²) in [7, 11) is 1.40. The molecule has 6 atom stereocenters. The van der Waals surface area contributed by atoms with Gasteiger partial charge < -0.3 is 20.1 Å². The van der Waals surface area contributed by atoms with Crippen molar-refractivity contribution in [2.75, 3.05) is 20.2 Å². The Labute approximate surface area is 254 Å². The number of phenols is 1. The minimum atomic E-state index is -1.03. The number of imide groups is 2. The molecule has 1 aromatic carbocycles. The molecular formula is C29H31IN2O10. The summed E-state index contributed by atoms with van der Waals surface area (Å²) in [5, 5.41) is 28.6. The van der Waals surface area contributed by atoms with E-state index in [2.05, 4.69) is 0 Å². The number of benzene rings is 1. The van der Waals surface area contributed by atoms with Gasteiger partial charge in [0.05, 0.1) is 34.4 Å². The van der Waals surface area contributed by atoms with Gasteiger partial charge in [0.2, 0.25) is 23.6 Å². The van der Waals surface area contributed by atoms with Crippen molar-refractivity contribution in [1.29, 1.82) is 0 Å². The first-order valence-corrected chi connectivity index (χ1v) is 14.9. The molecule has 2 saturated heterocycles. The maximum atomic E-state index is 13.8. The highest BCUT2D eigenvalue weighted by Gasteiger charge is 2.61. The van der Waals surface area contributed by atoms with Crippen LogP contribution in [-0.4, -0.2) is 80.9 Å². The summed E-state index contributed by atoms with van der Waals surface area (Å²) in [6.45, 7) is -0.0404. The minimum absolute atomic E-state index is 0.00334. The van der Waals surface area contributed by atoms with E-state index in [9.17, 15) is 33.9 Å². The molecule has 0 bridgehead atoms. The first-order valence-electron chi connectivity index (χ1n) is 13.9. The number of rotatable bonds is 10. The number of hydrogen-bond acceptors (Lipinski definition) is 8. The van der Waals surface area contributed by atoms with Crippen LogP contribution in [0.25, 0.3) is 0 Å². The zero-order valence-electron chi connectivity index (χ0n) is 22.8. The van der Waals surface area contributed by atoms with Gasteiger partial charge in [0.1, 0.15) is 0 Å². The molecule has 3 fully saturated rings. The molecule has 42 heavy (non-hydrogen) atoms. The van der Waals surface area contributed by atoms with Crippen LogP contribution in [0, 0.1) is 33.2 Å². The van der Waals surface area contributed by atoms with E-state index in [4.69, 9.17) is 14.9 Å². The smallest absolute Gasteiger partial charge is 0.303 e. The summed E-state index contributed by atoms with van der Waals surface area (Å²) in [5.74, 6) is -7.61. The molecule has 6 unspecified atom stereocenters. The van der Waals surface area contributed by atoms with E-state index in [-0.39, 0.29) is 69.0 Å². The highest BCUT2D eigenvalue weighted by molar-refractivity contribution is 14.1. The van der Waals surface area contributed by atoms with Gasteiger partial charge in [0.25, 0.3) is 0 Å². The molecule has 12 nitrogen and oxygen atoms in total. The van der Waals surface area contributed by atoms with Crippen LogP contribution in [0.2, 0.25) is 0 Å². The van der Waals surface area contributed by atoms with Gasteiger partial charge in [-0.3, -0.25) is 38.6 Å². The van der Waals surface area contributed by atoms with Gasteiger partial charge in [0, 0.05) is 31.8 Å². The predicted octanol–water partition coefficient (Wildman–Crippen LogP) is 2.37. The van der Waals surface area contributed by atoms with Crippen molar-refractivity contribution in [3.05, 3.63) is 32.9 Å². The molecule has 13 heteroatoms. The van der Waals surface area contributed by atoms with E-state index < -0.39 is 65.2 Å². The van der Waals surface area contributed by atoms with Crippen LogP contribution in [-0.2, 0) is 28.8 Å². The normalized spacial score (nSPS) is 28.4. The number of amides is 4. The number of aromatic hydroxyl groups is 1. The minimum Gasteiger partial charge on any atom is -0.504 e. The Morgan fingerprint density at radius 2 is 1.45 bits per heavy atom. The van der Waals surface area contributed by atoms with Crippen molar-refractivity contribution in [3.8, 4) is 11.5 Å². The van der Waals surface area contributed by atoms with Crippen molar-refractivity contribution in [2.45, 2.75) is 44.4 Å². The highest BCUT2D eigenvalue weighted by Crippen LogP contribution is 2.58. The summed E-state index contributed by atoms with van der Waals surface area (Å²) < 4.78 is 5.85. The van der Waals surface area contributed by atoms with E-state index in [0.717, 1.165) is 15.4 Å². The molecule has 0 aromatic heterocycles. The molecular weight excluding hydrogens is 663 g/mol. The topological polar surface area (TPSA) is 179 Å². The Balaban J connectivity index is 1.55. The van der Waals surface area contributed by atoms with Crippen LogP contribution < -0.4 is 4.74 Å². The number of methoxy groups -OCH3 is 1. The van der Waals surface area contributed by atoms with Gasteiger partial charge in [-0.25, -0.2) is 0 Å². The van der Waals surface area contributed by atoms with Gasteiger partial charge in [-0.1, -0.05) is 11.6 Å². The zero-order valence-corrected chi connectivity index (χ0v) is 25.0. The third kappa shape index (κ3) is 5.05. The van der Waals surface area contributed by atoms with Crippen molar-refractivity contribution in [2.24, 2.45) is 29.6 Å². The van der Waals surface area contributed by atoms with Gasteiger partial charge in [-0.2, -0.15) is 0 Å². The number of ether oxygens (including phenoxy) is 1. The molecule has 1 saturated carbocycles. The summed E-state index contributed by atoms with van der Waals surface area (Å²) in [5.41, 5.74) is 1.41. The molecule has 0 spiro atoms. The lowest BCUT2D eigenvalue weighted by Crippen LogP contribution is -2.43. The summed E-state index contributed by atoms with van der Waals surface area (Å²) >= 11 is 1.96. The molecule has 3 N–H and O–H groups in total. The van der Waals surface area contributed by atoms with Gasteiger partial charge in [-0.05, 0) is 71.9 Å². The van der Waals surface area contributed by atoms with Crippen LogP contribution in [0.3, 0.4) is 0 Å². The number of carbonyl (C=O) groups is 6. The van der Waals surface area contributed by atoms with Crippen molar-refractivity contribution >= 4 is 58.2 Å². The van der Waals surface area contributed by atoms with Crippen molar-refractivity contribution < 1.29 is 48.8 Å². The highest BCUT2D eigenvalue weighted by atomic mass is 127. The lowest BCUT2D eigenvalue weighted by molar-refractivity contribution is -0.143. The van der Waals surface area contributed by atoms with E-state index in [1.165, 1.54) is 7.11 Å². The molecule has 2 heterocycles. The quantitative estimate of drug-likeness (QED) is 0.187. The molecule has 1 aromatic rings. The molecule has 4 amide bonds. The second-order valence-corrected chi connectivity index (χ2v) is 12.4. The summed E-state index contributed by atoms with van der Waals surface area (Å²) in [6.07, 6.45) is 2.21. The standard InChI is InChI=1S/C29H31IN2O10/c1-42-19-11-13(10-18(30)25(19)37)22-14-6-7-15-23(28(40)31(26(15)38)8-2-4-20(33)34)16(14)12-17-24(22)29(41)32(27(17)39)9-3-5-21(35)36/h6,10-11,15-17,22-24,37H,2-5,7-9,12H2,1H3,(H,33,34)(H,35,36). The maximum absolute atomic E-state index is 13.8. The number of likely N-dealkylation sites (tertiary alicyclic amines) is 2. The number of carboxylic acids is 2. The van der Waals surface area contributed by atoms with Crippen LogP contribution in [0.15, 0.2) is 23.8 Å². The predicted molar refractivity (Wildman–Crippen MR) is 152 cm³/mol. The average molecular weight is 694 g/mol. The number of allylic oxidation sites excluding steroid dienone is 2. The average Bonchev–Trinajstić information content (AvgIpc) is 3.33. The van der Waals surface area contributed by atoms with Gasteiger partial charge in [-0.15, -0.1) is 0 Å². The lowest BCUT2D eigenvalue weighted by atomic mass is 9.57. The maximum Gasteiger partial charge on any atom is 0.303 e. The van der Waals surface area contributed by atoms with Gasteiger partial charge >= 0.3 is 11.9 Å². The molecule has 4 aliphatic rings.